The molecule has 0 spiro atoms. The molecular weight excluding hydrogens is 831 g/mol. The van der Waals surface area contributed by atoms with Crippen LogP contribution >= 0.6 is 69.6 Å². The van der Waals surface area contributed by atoms with Crippen LogP contribution in [-0.4, -0.2) is 15.0 Å². The van der Waals surface area contributed by atoms with Crippen LogP contribution in [0.1, 0.15) is 0 Å². The molecule has 4 aromatic heterocycles. The molecule has 0 saturated heterocycles. The number of aromatic nitrogens is 4. The fourth-order valence-corrected chi connectivity index (χ4v) is 7.83. The van der Waals surface area contributed by atoms with Crippen LogP contribution in [0.15, 0.2) is 109 Å². The number of halogens is 8. The Labute approximate surface area is 342 Å². The van der Waals surface area contributed by atoms with Gasteiger partial charge in [0.15, 0.2) is 6.20 Å². The van der Waals surface area contributed by atoms with Gasteiger partial charge in [0.2, 0.25) is 0 Å². The molecule has 274 valence electrons. The lowest BCUT2D eigenvalue weighted by atomic mass is 9.99. The van der Waals surface area contributed by atoms with Crippen LogP contribution in [0.2, 0.25) is 30.1 Å². The highest BCUT2D eigenvalue weighted by atomic mass is 35.5. The van der Waals surface area contributed by atoms with Crippen molar-refractivity contribution in [3.8, 4) is 44.8 Å². The average molecular weight is 853 g/mol. The van der Waals surface area contributed by atoms with E-state index >= 15 is 0 Å². The minimum absolute atomic E-state index is 0.165. The molecule has 0 atom stereocenters. The summed E-state index contributed by atoms with van der Waals surface area (Å²) >= 11 is 37.9. The summed E-state index contributed by atoms with van der Waals surface area (Å²) in [4.78, 5) is 13.2. The molecule has 0 aliphatic rings. The van der Waals surface area contributed by atoms with Crippen molar-refractivity contribution in [1.82, 2.24) is 15.0 Å². The van der Waals surface area contributed by atoms with Crippen LogP contribution in [0, 0.1) is 16.8 Å². The van der Waals surface area contributed by atoms with E-state index in [1.807, 2.05) is 0 Å². The zero-order valence-electron chi connectivity index (χ0n) is 27.8. The van der Waals surface area contributed by atoms with E-state index < -0.39 is 11.6 Å². The van der Waals surface area contributed by atoms with Crippen LogP contribution in [0.4, 0.5) is 20.4 Å². The zero-order chi connectivity index (χ0) is 39.1. The summed E-state index contributed by atoms with van der Waals surface area (Å²) in [6.45, 7) is 0. The molecule has 0 aliphatic carbocycles. The summed E-state index contributed by atoms with van der Waals surface area (Å²) in [5.41, 5.74) is 17.0. The second-order valence-electron chi connectivity index (χ2n) is 11.9. The maximum Gasteiger partial charge on any atom is 0.253 e. The van der Waals surface area contributed by atoms with Crippen molar-refractivity contribution in [2.75, 3.05) is 11.5 Å². The smallest absolute Gasteiger partial charge is 0.253 e. The van der Waals surface area contributed by atoms with Gasteiger partial charge in [0.25, 0.3) is 5.69 Å². The summed E-state index contributed by atoms with van der Waals surface area (Å²) in [5, 5.41) is 16.0. The first-order chi connectivity index (χ1) is 26.3. The minimum Gasteiger partial charge on any atom is -0.618 e. The number of hydrogen-bond acceptors (Lipinski definition) is 6. The van der Waals surface area contributed by atoms with E-state index in [1.54, 1.807) is 79.0 Å². The molecule has 4 N–H and O–H groups in total. The third kappa shape index (κ3) is 7.52. The summed E-state index contributed by atoms with van der Waals surface area (Å²) in [7, 11) is 0. The maximum atomic E-state index is 13.5. The van der Waals surface area contributed by atoms with Gasteiger partial charge < -0.3 is 16.7 Å². The Bertz CT molecular complexity index is 2780. The molecule has 0 amide bonds. The predicted octanol–water partition coefficient (Wildman–Crippen LogP) is 12.5. The fourth-order valence-electron chi connectivity index (χ4n) is 6.14. The number of anilines is 2. The highest BCUT2D eigenvalue weighted by molar-refractivity contribution is 6.40. The van der Waals surface area contributed by atoms with E-state index in [1.165, 1.54) is 30.5 Å². The molecule has 0 radical (unpaired) electrons. The molecule has 7 nitrogen and oxygen atoms in total. The molecule has 8 rings (SSSR count). The monoisotopic (exact) mass is 850 g/mol. The molecule has 4 aromatic carbocycles. The standard InChI is InChI=1S/C20H11Cl3FN3O.C20H11Cl3FN3/c21-14-2-1-3-15(22)18(14)20-19-12(6-7-27(20)28)13(9-17(25)26-19)11-5-4-10(24)8-16(11)23;21-14-2-1-3-15(22)18(14)20-19-12(6-7-26-20)13(9-17(25)27-19)11-5-4-10(24)8-16(11)23/h1-9H,(H2,25,26);1-9H,(H2,25,27). The number of nitrogens with two attached hydrogens (primary N) is 2. The van der Waals surface area contributed by atoms with Gasteiger partial charge in [-0.05, 0) is 90.0 Å². The molecular formula is C40H22Cl6F2N6O. The second-order valence-corrected chi connectivity index (χ2v) is 14.4. The van der Waals surface area contributed by atoms with Gasteiger partial charge in [0.1, 0.15) is 28.8 Å². The Balaban J connectivity index is 0.000000169. The van der Waals surface area contributed by atoms with Gasteiger partial charge in [-0.3, -0.25) is 4.98 Å². The van der Waals surface area contributed by atoms with Crippen LogP contribution in [0.25, 0.3) is 66.6 Å². The number of hydrogen-bond donors (Lipinski definition) is 2. The molecule has 55 heavy (non-hydrogen) atoms. The normalized spacial score (nSPS) is 11.1. The van der Waals surface area contributed by atoms with E-state index in [9.17, 15) is 14.0 Å². The Morgan fingerprint density at radius 2 is 1.00 bits per heavy atom. The number of nitrogens with zero attached hydrogens (tertiary/aromatic N) is 4. The SMILES string of the molecule is Nc1cc(-c2ccc(F)cc2Cl)c2cc[n+]([O-])c(-c3c(Cl)cccc3Cl)c2n1.Nc1cc(-c2ccc(F)cc2Cl)c2ccnc(-c3c(Cl)cccc3Cl)c2n1. The van der Waals surface area contributed by atoms with E-state index in [2.05, 4.69) is 15.0 Å². The van der Waals surface area contributed by atoms with Crippen LogP contribution < -0.4 is 16.2 Å². The largest absolute Gasteiger partial charge is 0.618 e. The summed E-state index contributed by atoms with van der Waals surface area (Å²) in [5.74, 6) is -0.435. The Morgan fingerprint density at radius 1 is 0.527 bits per heavy atom. The summed E-state index contributed by atoms with van der Waals surface area (Å²) < 4.78 is 27.6. The van der Waals surface area contributed by atoms with Crippen LogP contribution in [0.3, 0.4) is 0 Å². The predicted molar refractivity (Wildman–Crippen MR) is 221 cm³/mol. The third-order valence-corrected chi connectivity index (χ3v) is 10.4. The average Bonchev–Trinajstić information content (AvgIpc) is 3.12. The van der Waals surface area contributed by atoms with Gasteiger partial charge in [-0.25, -0.2) is 18.7 Å². The quantitative estimate of drug-likeness (QED) is 0.134. The number of nitrogen functional groups attached to an aromatic ring is 2. The number of rotatable bonds is 4. The lowest BCUT2D eigenvalue weighted by Crippen LogP contribution is -2.29. The van der Waals surface area contributed by atoms with Gasteiger partial charge in [0, 0.05) is 39.7 Å². The lowest BCUT2D eigenvalue weighted by molar-refractivity contribution is -0.592. The Hall–Kier alpha value is -5.00. The Morgan fingerprint density at radius 3 is 1.51 bits per heavy atom. The van der Waals surface area contributed by atoms with Crippen molar-refractivity contribution < 1.29 is 13.5 Å². The van der Waals surface area contributed by atoms with Crippen molar-refractivity contribution in [2.45, 2.75) is 0 Å². The van der Waals surface area contributed by atoms with Gasteiger partial charge in [-0.1, -0.05) is 81.7 Å². The Kier molecular flexibility index (Phi) is 10.9. The molecule has 0 bridgehead atoms. The number of fused-ring (bicyclic) bond motifs is 2. The van der Waals surface area contributed by atoms with Gasteiger partial charge in [-0.15, -0.1) is 0 Å². The van der Waals surface area contributed by atoms with E-state index in [0.717, 1.165) is 5.39 Å². The number of pyridine rings is 4. The molecule has 15 heteroatoms. The molecule has 4 heterocycles. The van der Waals surface area contributed by atoms with E-state index in [0.29, 0.717) is 80.3 Å². The van der Waals surface area contributed by atoms with Crippen molar-refractivity contribution in [1.29, 1.82) is 0 Å². The van der Waals surface area contributed by atoms with Crippen LogP contribution in [0.5, 0.6) is 0 Å². The first kappa shape index (κ1) is 38.3. The van der Waals surface area contributed by atoms with E-state index in [4.69, 9.17) is 81.1 Å². The summed E-state index contributed by atoms with van der Waals surface area (Å²) in [6.07, 6.45) is 2.96. The third-order valence-electron chi connectivity index (χ3n) is 8.49. The molecule has 0 fully saturated rings. The zero-order valence-corrected chi connectivity index (χ0v) is 32.3. The van der Waals surface area contributed by atoms with Crippen molar-refractivity contribution >= 4 is 103 Å². The molecule has 0 aliphatic heterocycles. The van der Waals surface area contributed by atoms with Crippen molar-refractivity contribution in [3.05, 3.63) is 156 Å². The molecule has 8 aromatic rings. The molecule has 0 saturated carbocycles. The van der Waals surface area contributed by atoms with Crippen molar-refractivity contribution in [2.24, 2.45) is 0 Å². The second kappa shape index (κ2) is 15.6. The van der Waals surface area contributed by atoms with Gasteiger partial charge >= 0.3 is 0 Å². The fraction of sp³-hybridized carbons (Fsp3) is 0. The minimum atomic E-state index is -0.457. The lowest BCUT2D eigenvalue weighted by Gasteiger charge is -2.14. The first-order valence-corrected chi connectivity index (χ1v) is 18.3. The van der Waals surface area contributed by atoms with Crippen LogP contribution in [-0.2, 0) is 0 Å². The molecule has 0 unspecified atom stereocenters. The van der Waals surface area contributed by atoms with E-state index in [-0.39, 0.29) is 27.4 Å². The topological polar surface area (TPSA) is 118 Å². The van der Waals surface area contributed by atoms with Gasteiger partial charge in [-0.2, -0.15) is 4.73 Å². The van der Waals surface area contributed by atoms with Crippen molar-refractivity contribution in [3.63, 3.8) is 0 Å². The first-order valence-electron chi connectivity index (χ1n) is 16.0. The highest BCUT2D eigenvalue weighted by Gasteiger charge is 2.24. The summed E-state index contributed by atoms with van der Waals surface area (Å²) in [6, 6.07) is 25.1. The number of benzene rings is 4. The highest BCUT2D eigenvalue weighted by Crippen LogP contribution is 2.42. The van der Waals surface area contributed by atoms with Gasteiger partial charge in [0.05, 0.1) is 46.9 Å². The maximum absolute atomic E-state index is 13.5.